The van der Waals surface area contributed by atoms with Gasteiger partial charge < -0.3 is 5.73 Å². The van der Waals surface area contributed by atoms with Gasteiger partial charge in [0.25, 0.3) is 5.92 Å². The molecule has 2 fully saturated rings. The van der Waals surface area contributed by atoms with Crippen molar-refractivity contribution in [3.63, 3.8) is 0 Å². The van der Waals surface area contributed by atoms with Crippen molar-refractivity contribution >= 4 is 21.5 Å². The summed E-state index contributed by atoms with van der Waals surface area (Å²) in [7, 11) is -3.17. The minimum Gasteiger partial charge on any atom is -0.367 e. The number of sulfonamides is 1. The van der Waals surface area contributed by atoms with Crippen LogP contribution in [0, 0.1) is 5.82 Å². The normalized spacial score (nSPS) is 25.0. The molecule has 1 aliphatic carbocycles. The molecule has 4 rings (SSSR count). The summed E-state index contributed by atoms with van der Waals surface area (Å²) in [6, 6.07) is 1.10. The SMILES string of the molecule is CS(=O)(=O)N1CCCC(F)C1.Nc1ncc2c(F)cc(C3CCCC3(F)F)n2n1. The first kappa shape index (κ1) is 21.8. The molecule has 0 bridgehead atoms. The molecule has 162 valence electrons. The molecule has 12 heteroatoms. The highest BCUT2D eigenvalue weighted by Crippen LogP contribution is 2.47. The summed E-state index contributed by atoms with van der Waals surface area (Å²) in [4.78, 5) is 3.66. The van der Waals surface area contributed by atoms with Gasteiger partial charge in [-0.2, -0.15) is 4.31 Å². The molecule has 0 radical (unpaired) electrons. The molecule has 2 unspecified atom stereocenters. The molecular formula is C17H23F4N5O2S. The predicted octanol–water partition coefficient (Wildman–Crippen LogP) is 2.73. The Morgan fingerprint density at radius 2 is 2.00 bits per heavy atom. The van der Waals surface area contributed by atoms with Crippen LogP contribution in [-0.2, 0) is 10.0 Å². The monoisotopic (exact) mass is 437 g/mol. The first-order valence-corrected chi connectivity index (χ1v) is 11.1. The van der Waals surface area contributed by atoms with E-state index in [4.69, 9.17) is 5.73 Å². The summed E-state index contributed by atoms with van der Waals surface area (Å²) >= 11 is 0. The third-order valence-corrected chi connectivity index (χ3v) is 6.45. The number of fused-ring (bicyclic) bond motifs is 1. The van der Waals surface area contributed by atoms with E-state index in [-0.39, 0.29) is 30.1 Å². The Balaban J connectivity index is 0.000000188. The van der Waals surface area contributed by atoms with Crippen molar-refractivity contribution < 1.29 is 26.0 Å². The maximum absolute atomic E-state index is 13.7. The van der Waals surface area contributed by atoms with Gasteiger partial charge in [-0.05, 0) is 31.7 Å². The fraction of sp³-hybridized carbons (Fsp3) is 0.647. The van der Waals surface area contributed by atoms with Crippen molar-refractivity contribution in [2.75, 3.05) is 25.1 Å². The molecule has 2 aliphatic rings. The molecule has 3 heterocycles. The smallest absolute Gasteiger partial charge is 0.256 e. The minimum atomic E-state index is -3.17. The molecule has 0 amide bonds. The lowest BCUT2D eigenvalue weighted by atomic mass is 10.0. The molecule has 1 aliphatic heterocycles. The number of halogens is 4. The van der Waals surface area contributed by atoms with Crippen molar-refractivity contribution in [3.05, 3.63) is 23.8 Å². The summed E-state index contributed by atoms with van der Waals surface area (Å²) in [5.74, 6) is -4.50. The summed E-state index contributed by atoms with van der Waals surface area (Å²) in [5, 5.41) is 3.82. The van der Waals surface area contributed by atoms with Gasteiger partial charge in [0.1, 0.15) is 11.7 Å². The zero-order chi connectivity index (χ0) is 21.4. The number of aromatic nitrogens is 3. The second-order valence-corrected chi connectivity index (χ2v) is 9.38. The van der Waals surface area contributed by atoms with Crippen molar-refractivity contribution in [1.29, 1.82) is 0 Å². The lowest BCUT2D eigenvalue weighted by Gasteiger charge is -2.26. The highest BCUT2D eigenvalue weighted by atomic mass is 32.2. The van der Waals surface area contributed by atoms with Crippen LogP contribution in [0.1, 0.15) is 43.7 Å². The van der Waals surface area contributed by atoms with Gasteiger partial charge in [0.15, 0.2) is 5.82 Å². The number of anilines is 1. The number of rotatable bonds is 2. The molecule has 2 N–H and O–H groups in total. The van der Waals surface area contributed by atoms with E-state index >= 15 is 0 Å². The number of alkyl halides is 3. The summed E-state index contributed by atoms with van der Waals surface area (Å²) < 4.78 is 77.9. The molecule has 1 saturated heterocycles. The molecule has 2 aromatic heterocycles. The molecule has 0 spiro atoms. The number of nitrogens with zero attached hydrogens (tertiary/aromatic N) is 4. The molecule has 2 aromatic rings. The Labute approximate surface area is 165 Å². The maximum atomic E-state index is 13.7. The first-order chi connectivity index (χ1) is 13.5. The first-order valence-electron chi connectivity index (χ1n) is 9.25. The van der Waals surface area contributed by atoms with E-state index < -0.39 is 33.9 Å². The van der Waals surface area contributed by atoms with Gasteiger partial charge in [-0.1, -0.05) is 0 Å². The third-order valence-electron chi connectivity index (χ3n) is 5.18. The summed E-state index contributed by atoms with van der Waals surface area (Å²) in [5.41, 5.74) is 5.65. The molecule has 1 saturated carbocycles. The Bertz CT molecular complexity index is 982. The molecule has 2 atom stereocenters. The van der Waals surface area contributed by atoms with E-state index in [2.05, 4.69) is 10.1 Å². The lowest BCUT2D eigenvalue weighted by Crippen LogP contribution is -2.39. The topological polar surface area (TPSA) is 93.6 Å². The molecule has 29 heavy (non-hydrogen) atoms. The van der Waals surface area contributed by atoms with Crippen LogP contribution in [-0.4, -0.2) is 58.8 Å². The van der Waals surface area contributed by atoms with Crippen LogP contribution >= 0.6 is 0 Å². The fourth-order valence-corrected chi connectivity index (χ4v) is 4.62. The average Bonchev–Trinajstić information content (AvgIpc) is 3.13. The van der Waals surface area contributed by atoms with Crippen LogP contribution in [0.15, 0.2) is 12.3 Å². The highest BCUT2D eigenvalue weighted by molar-refractivity contribution is 7.88. The molecule has 7 nitrogen and oxygen atoms in total. The van der Waals surface area contributed by atoms with Crippen molar-refractivity contribution in [2.45, 2.75) is 50.1 Å². The van der Waals surface area contributed by atoms with Crippen molar-refractivity contribution in [2.24, 2.45) is 0 Å². The number of hydrogen-bond donors (Lipinski definition) is 1. The standard InChI is InChI=1S/C11H11F3N4.C6H12FNO2S/c12-7-4-8(6-2-1-3-11(6,13)14)18-9(7)5-16-10(15)17-18;1-11(9,10)8-4-2-3-6(7)5-8/h4-6H,1-3H2,(H2,15,17);6H,2-5H2,1H3. The number of nitrogens with two attached hydrogens (primary N) is 1. The number of hydrogen-bond acceptors (Lipinski definition) is 5. The Kier molecular flexibility index (Phi) is 6.04. The van der Waals surface area contributed by atoms with E-state index in [1.807, 2.05) is 0 Å². The highest BCUT2D eigenvalue weighted by Gasteiger charge is 2.46. The van der Waals surface area contributed by atoms with E-state index in [1.165, 1.54) is 10.5 Å². The second-order valence-electron chi connectivity index (χ2n) is 7.40. The van der Waals surface area contributed by atoms with Crippen LogP contribution in [0.5, 0.6) is 0 Å². The maximum Gasteiger partial charge on any atom is 0.256 e. The zero-order valence-corrected chi connectivity index (χ0v) is 16.7. The average molecular weight is 437 g/mol. The number of nitrogen functional groups attached to an aromatic ring is 1. The third kappa shape index (κ3) is 4.80. The van der Waals surface area contributed by atoms with E-state index in [0.717, 1.165) is 16.8 Å². The number of piperidine rings is 1. The molecule has 0 aromatic carbocycles. The van der Waals surface area contributed by atoms with E-state index in [1.54, 1.807) is 0 Å². The molecular weight excluding hydrogens is 414 g/mol. The predicted molar refractivity (Wildman–Crippen MR) is 99.4 cm³/mol. The summed E-state index contributed by atoms with van der Waals surface area (Å²) in [6.45, 7) is 0.512. The largest absolute Gasteiger partial charge is 0.367 e. The van der Waals surface area contributed by atoms with Gasteiger partial charge in [-0.3, -0.25) is 0 Å². The lowest BCUT2D eigenvalue weighted by molar-refractivity contribution is -0.0105. The van der Waals surface area contributed by atoms with Crippen LogP contribution in [0.3, 0.4) is 0 Å². The van der Waals surface area contributed by atoms with E-state index in [0.29, 0.717) is 32.2 Å². The van der Waals surface area contributed by atoms with Gasteiger partial charge in [-0.15, -0.1) is 5.10 Å². The zero-order valence-electron chi connectivity index (χ0n) is 15.9. The Morgan fingerprint density at radius 1 is 1.28 bits per heavy atom. The fourth-order valence-electron chi connectivity index (χ4n) is 3.72. The van der Waals surface area contributed by atoms with Gasteiger partial charge >= 0.3 is 0 Å². The van der Waals surface area contributed by atoms with Crippen LogP contribution in [0.4, 0.5) is 23.5 Å². The van der Waals surface area contributed by atoms with Crippen LogP contribution in [0.2, 0.25) is 0 Å². The quantitative estimate of drug-likeness (QED) is 0.730. The van der Waals surface area contributed by atoms with Gasteiger partial charge in [0, 0.05) is 19.5 Å². The van der Waals surface area contributed by atoms with Crippen LogP contribution < -0.4 is 5.73 Å². The minimum absolute atomic E-state index is 0.0405. The van der Waals surface area contributed by atoms with Crippen LogP contribution in [0.25, 0.3) is 5.52 Å². The van der Waals surface area contributed by atoms with Gasteiger partial charge in [0.05, 0.1) is 24.1 Å². The Hall–Kier alpha value is -1.95. The van der Waals surface area contributed by atoms with Gasteiger partial charge in [-0.25, -0.2) is 35.5 Å². The second kappa shape index (κ2) is 8.05. The van der Waals surface area contributed by atoms with Crippen molar-refractivity contribution in [3.8, 4) is 0 Å². The summed E-state index contributed by atoms with van der Waals surface area (Å²) in [6.07, 6.45) is 3.04. The van der Waals surface area contributed by atoms with E-state index in [9.17, 15) is 26.0 Å². The van der Waals surface area contributed by atoms with Crippen molar-refractivity contribution in [1.82, 2.24) is 18.9 Å². The Morgan fingerprint density at radius 3 is 2.55 bits per heavy atom. The van der Waals surface area contributed by atoms with Gasteiger partial charge in [0.2, 0.25) is 16.0 Å².